The summed E-state index contributed by atoms with van der Waals surface area (Å²) in [5.74, 6) is 2.40. The van der Waals surface area contributed by atoms with Gasteiger partial charge in [-0.2, -0.15) is 0 Å². The highest BCUT2D eigenvalue weighted by Gasteiger charge is 2.23. The van der Waals surface area contributed by atoms with Gasteiger partial charge in [0.15, 0.2) is 5.96 Å². The number of hydrogen-bond acceptors (Lipinski definition) is 3. The molecule has 0 bridgehead atoms. The minimum atomic E-state index is 0. The van der Waals surface area contributed by atoms with Crippen LogP contribution in [0.2, 0.25) is 0 Å². The highest BCUT2D eigenvalue weighted by atomic mass is 127. The molecule has 6 heteroatoms. The van der Waals surface area contributed by atoms with E-state index >= 15 is 0 Å². The first-order chi connectivity index (χ1) is 13.2. The van der Waals surface area contributed by atoms with Crippen LogP contribution in [0, 0.1) is 11.8 Å². The van der Waals surface area contributed by atoms with Crippen molar-refractivity contribution >= 4 is 29.9 Å². The first-order valence-corrected chi connectivity index (χ1v) is 11.6. The molecule has 0 amide bonds. The van der Waals surface area contributed by atoms with Crippen molar-refractivity contribution in [3.63, 3.8) is 0 Å². The normalized spacial score (nSPS) is 21.2. The molecule has 166 valence electrons. The first-order valence-electron chi connectivity index (χ1n) is 11.6. The van der Waals surface area contributed by atoms with E-state index in [9.17, 15) is 5.11 Å². The topological polar surface area (TPSA) is 59.9 Å². The SMILES string of the molecule is CCCC(CCO)CN=C(NCC)NC1CCN(CC2CCCCC2)CC1.I. The zero-order chi connectivity index (χ0) is 19.3. The Kier molecular flexibility index (Phi) is 14.6. The maximum atomic E-state index is 9.25. The van der Waals surface area contributed by atoms with Crippen LogP contribution >= 0.6 is 24.0 Å². The van der Waals surface area contributed by atoms with Gasteiger partial charge in [0.2, 0.25) is 0 Å². The Balaban J connectivity index is 0.00000392. The van der Waals surface area contributed by atoms with Crippen molar-refractivity contribution in [1.82, 2.24) is 15.5 Å². The van der Waals surface area contributed by atoms with E-state index in [-0.39, 0.29) is 30.6 Å². The Hall–Kier alpha value is -0.0800. The zero-order valence-corrected chi connectivity index (χ0v) is 20.6. The first kappa shape index (κ1) is 26.0. The number of nitrogens with one attached hydrogen (secondary N) is 2. The lowest BCUT2D eigenvalue weighted by Gasteiger charge is -2.36. The average Bonchev–Trinajstić information content (AvgIpc) is 2.69. The van der Waals surface area contributed by atoms with Crippen LogP contribution in [0.5, 0.6) is 0 Å². The Bertz CT molecular complexity index is 401. The van der Waals surface area contributed by atoms with Crippen LogP contribution in [0.1, 0.15) is 78.1 Å². The minimum Gasteiger partial charge on any atom is -0.396 e. The molecular formula is C22H45IN4O. The fourth-order valence-corrected chi connectivity index (χ4v) is 4.65. The molecule has 2 fully saturated rings. The molecule has 0 aromatic heterocycles. The molecule has 2 rings (SSSR count). The molecule has 0 aromatic rings. The molecule has 0 spiro atoms. The van der Waals surface area contributed by atoms with E-state index in [1.54, 1.807) is 0 Å². The van der Waals surface area contributed by atoms with Crippen LogP contribution in [0.25, 0.3) is 0 Å². The fourth-order valence-electron chi connectivity index (χ4n) is 4.65. The molecule has 28 heavy (non-hydrogen) atoms. The maximum absolute atomic E-state index is 9.25. The number of aliphatic imine (C=N–C) groups is 1. The summed E-state index contributed by atoms with van der Waals surface area (Å²) in [5.41, 5.74) is 0. The van der Waals surface area contributed by atoms with Crippen LogP contribution in [-0.2, 0) is 0 Å². The third-order valence-corrected chi connectivity index (χ3v) is 6.26. The third kappa shape index (κ3) is 10.1. The minimum absolute atomic E-state index is 0. The largest absolute Gasteiger partial charge is 0.396 e. The Labute approximate surface area is 190 Å². The van der Waals surface area contributed by atoms with E-state index in [2.05, 4.69) is 29.4 Å². The number of guanidine groups is 1. The van der Waals surface area contributed by atoms with Gasteiger partial charge in [0, 0.05) is 45.4 Å². The second kappa shape index (κ2) is 15.7. The van der Waals surface area contributed by atoms with E-state index < -0.39 is 0 Å². The van der Waals surface area contributed by atoms with Crippen LogP contribution in [0.15, 0.2) is 4.99 Å². The standard InChI is InChI=1S/C22H44N4O.HI/c1-3-8-19(13-16-27)17-24-22(23-4-2)25-21-11-14-26(15-12-21)18-20-9-6-5-7-10-20;/h19-21,27H,3-18H2,1-2H3,(H2,23,24,25);1H. The second-order valence-electron chi connectivity index (χ2n) is 8.61. The van der Waals surface area contributed by atoms with E-state index in [0.717, 1.165) is 44.2 Å². The van der Waals surface area contributed by atoms with Crippen molar-refractivity contribution in [1.29, 1.82) is 0 Å². The van der Waals surface area contributed by atoms with Crippen molar-refractivity contribution in [3.05, 3.63) is 0 Å². The molecule has 0 radical (unpaired) electrons. The molecule has 1 aliphatic carbocycles. The van der Waals surface area contributed by atoms with E-state index in [1.807, 2.05) is 0 Å². The monoisotopic (exact) mass is 508 g/mol. The molecule has 1 saturated carbocycles. The lowest BCUT2D eigenvalue weighted by atomic mass is 9.88. The van der Waals surface area contributed by atoms with Crippen LogP contribution < -0.4 is 10.6 Å². The van der Waals surface area contributed by atoms with Crippen molar-refractivity contribution in [3.8, 4) is 0 Å². The van der Waals surface area contributed by atoms with Gasteiger partial charge in [-0.1, -0.05) is 32.6 Å². The number of nitrogens with zero attached hydrogens (tertiary/aromatic N) is 2. The maximum Gasteiger partial charge on any atom is 0.191 e. The molecule has 0 aromatic carbocycles. The fraction of sp³-hybridized carbons (Fsp3) is 0.955. The Morgan fingerprint density at radius 2 is 1.79 bits per heavy atom. The molecule has 1 unspecified atom stereocenters. The molecule has 3 N–H and O–H groups in total. The van der Waals surface area contributed by atoms with Gasteiger partial charge in [0.05, 0.1) is 0 Å². The third-order valence-electron chi connectivity index (χ3n) is 6.26. The van der Waals surface area contributed by atoms with E-state index in [4.69, 9.17) is 4.99 Å². The van der Waals surface area contributed by atoms with Gasteiger partial charge >= 0.3 is 0 Å². The summed E-state index contributed by atoms with van der Waals surface area (Å²) in [4.78, 5) is 7.52. The molecule has 5 nitrogen and oxygen atoms in total. The summed E-state index contributed by atoms with van der Waals surface area (Å²) in [6.07, 6.45) is 12.8. The number of likely N-dealkylation sites (tertiary alicyclic amines) is 1. The number of piperidine rings is 1. The van der Waals surface area contributed by atoms with Crippen molar-refractivity contribution < 1.29 is 5.11 Å². The number of rotatable bonds is 10. The molecule has 2 aliphatic rings. The average molecular weight is 509 g/mol. The van der Waals surface area contributed by atoms with Crippen molar-refractivity contribution in [2.45, 2.75) is 84.1 Å². The number of aliphatic hydroxyl groups excluding tert-OH is 1. The lowest BCUT2D eigenvalue weighted by molar-refractivity contribution is 0.160. The molecular weight excluding hydrogens is 463 g/mol. The van der Waals surface area contributed by atoms with Crippen molar-refractivity contribution in [2.75, 3.05) is 39.3 Å². The summed E-state index contributed by atoms with van der Waals surface area (Å²) in [6, 6.07) is 0.535. The summed E-state index contributed by atoms with van der Waals surface area (Å²) in [7, 11) is 0. The van der Waals surface area contributed by atoms with Gasteiger partial charge in [-0.15, -0.1) is 24.0 Å². The molecule has 1 atom stereocenters. The van der Waals surface area contributed by atoms with Crippen molar-refractivity contribution in [2.24, 2.45) is 16.8 Å². The summed E-state index contributed by atoms with van der Waals surface area (Å²) >= 11 is 0. The number of hydrogen-bond donors (Lipinski definition) is 3. The number of halogens is 1. The van der Waals surface area contributed by atoms with Gasteiger partial charge in [-0.3, -0.25) is 4.99 Å². The zero-order valence-electron chi connectivity index (χ0n) is 18.3. The summed E-state index contributed by atoms with van der Waals surface area (Å²) in [6.45, 7) is 10.1. The smallest absolute Gasteiger partial charge is 0.191 e. The summed E-state index contributed by atoms with van der Waals surface area (Å²) in [5, 5.41) is 16.3. The van der Waals surface area contributed by atoms with Crippen LogP contribution in [0.4, 0.5) is 0 Å². The van der Waals surface area contributed by atoms with Crippen LogP contribution in [0.3, 0.4) is 0 Å². The number of aliphatic hydroxyl groups is 1. The summed E-state index contributed by atoms with van der Waals surface area (Å²) < 4.78 is 0. The van der Waals surface area contributed by atoms with Gasteiger partial charge in [-0.25, -0.2) is 0 Å². The Morgan fingerprint density at radius 3 is 2.39 bits per heavy atom. The van der Waals surface area contributed by atoms with Gasteiger partial charge in [0.25, 0.3) is 0 Å². The molecule has 1 heterocycles. The van der Waals surface area contributed by atoms with Gasteiger partial charge in [-0.05, 0) is 57.3 Å². The highest BCUT2D eigenvalue weighted by Crippen LogP contribution is 2.25. The molecule has 1 aliphatic heterocycles. The predicted octanol–water partition coefficient (Wildman–Crippen LogP) is 4.00. The highest BCUT2D eigenvalue weighted by molar-refractivity contribution is 14.0. The van der Waals surface area contributed by atoms with Gasteiger partial charge < -0.3 is 20.6 Å². The lowest BCUT2D eigenvalue weighted by Crippen LogP contribution is -2.49. The second-order valence-corrected chi connectivity index (χ2v) is 8.61. The van der Waals surface area contributed by atoms with E-state index in [0.29, 0.717) is 12.0 Å². The van der Waals surface area contributed by atoms with E-state index in [1.165, 1.54) is 64.6 Å². The predicted molar refractivity (Wildman–Crippen MR) is 131 cm³/mol. The van der Waals surface area contributed by atoms with Gasteiger partial charge in [0.1, 0.15) is 0 Å². The molecule has 1 saturated heterocycles. The van der Waals surface area contributed by atoms with Crippen LogP contribution in [-0.4, -0.2) is 61.3 Å². The quantitative estimate of drug-likeness (QED) is 0.237. The Morgan fingerprint density at radius 1 is 1.07 bits per heavy atom.